The van der Waals surface area contributed by atoms with Crippen LogP contribution >= 0.6 is 0 Å². The first-order chi connectivity index (χ1) is 8.75. The van der Waals surface area contributed by atoms with Crippen LogP contribution in [0.4, 0.5) is 10.1 Å². The quantitative estimate of drug-likeness (QED) is 0.835. The van der Waals surface area contributed by atoms with E-state index in [0.29, 0.717) is 0 Å². The summed E-state index contributed by atoms with van der Waals surface area (Å²) in [5.74, 6) is 0.851. The maximum Gasteiger partial charge on any atom is 0.122 e. The molecule has 0 amide bonds. The minimum atomic E-state index is -0.881. The first-order valence-electron chi connectivity index (χ1n) is 6.94. The SMILES string of the molecule is CC(F)c1ccc(NCCC2CCNCC2)cc1. The summed E-state index contributed by atoms with van der Waals surface area (Å²) in [4.78, 5) is 0. The predicted molar refractivity (Wildman–Crippen MR) is 74.7 cm³/mol. The van der Waals surface area contributed by atoms with Crippen LogP contribution in [0.5, 0.6) is 0 Å². The first kappa shape index (κ1) is 13.3. The first-order valence-corrected chi connectivity index (χ1v) is 6.94. The molecule has 1 heterocycles. The van der Waals surface area contributed by atoms with Crippen LogP contribution in [0.2, 0.25) is 0 Å². The molecule has 1 aromatic carbocycles. The number of halogens is 1. The zero-order valence-electron chi connectivity index (χ0n) is 11.1. The van der Waals surface area contributed by atoms with E-state index in [1.54, 1.807) is 6.92 Å². The highest BCUT2D eigenvalue weighted by Gasteiger charge is 2.12. The van der Waals surface area contributed by atoms with E-state index in [2.05, 4.69) is 10.6 Å². The van der Waals surface area contributed by atoms with E-state index in [0.717, 1.165) is 36.8 Å². The van der Waals surface area contributed by atoms with Gasteiger partial charge in [0, 0.05) is 12.2 Å². The van der Waals surface area contributed by atoms with Crippen molar-refractivity contribution >= 4 is 5.69 Å². The van der Waals surface area contributed by atoms with Crippen LogP contribution < -0.4 is 10.6 Å². The molecule has 1 atom stereocenters. The average molecular weight is 250 g/mol. The zero-order valence-corrected chi connectivity index (χ0v) is 11.1. The molecule has 2 nitrogen and oxygen atoms in total. The highest BCUT2D eigenvalue weighted by atomic mass is 19.1. The predicted octanol–water partition coefficient (Wildman–Crippen LogP) is 3.52. The summed E-state index contributed by atoms with van der Waals surface area (Å²) in [5.41, 5.74) is 1.84. The van der Waals surface area contributed by atoms with Crippen LogP contribution in [0.15, 0.2) is 24.3 Å². The number of nitrogens with one attached hydrogen (secondary N) is 2. The van der Waals surface area contributed by atoms with Gasteiger partial charge in [-0.25, -0.2) is 4.39 Å². The molecule has 1 aliphatic heterocycles. The molecule has 0 aromatic heterocycles. The number of rotatable bonds is 5. The lowest BCUT2D eigenvalue weighted by molar-refractivity contribution is 0.361. The molecule has 0 saturated carbocycles. The lowest BCUT2D eigenvalue weighted by atomic mass is 9.95. The normalized spacial score (nSPS) is 18.6. The summed E-state index contributed by atoms with van der Waals surface area (Å²) < 4.78 is 13.0. The summed E-state index contributed by atoms with van der Waals surface area (Å²) in [7, 11) is 0. The smallest absolute Gasteiger partial charge is 0.122 e. The second-order valence-corrected chi connectivity index (χ2v) is 5.15. The van der Waals surface area contributed by atoms with E-state index >= 15 is 0 Å². The topological polar surface area (TPSA) is 24.1 Å². The van der Waals surface area contributed by atoms with Gasteiger partial charge in [0.15, 0.2) is 0 Å². The fraction of sp³-hybridized carbons (Fsp3) is 0.600. The molecule has 1 aromatic rings. The molecular weight excluding hydrogens is 227 g/mol. The third kappa shape index (κ3) is 3.98. The molecule has 100 valence electrons. The lowest BCUT2D eigenvalue weighted by Crippen LogP contribution is -2.28. The molecule has 1 aliphatic rings. The monoisotopic (exact) mass is 250 g/mol. The molecule has 1 fully saturated rings. The Morgan fingerprint density at radius 3 is 2.56 bits per heavy atom. The summed E-state index contributed by atoms with van der Waals surface area (Å²) >= 11 is 0. The van der Waals surface area contributed by atoms with E-state index < -0.39 is 6.17 Å². The van der Waals surface area contributed by atoms with E-state index in [9.17, 15) is 4.39 Å². The second kappa shape index (κ2) is 6.74. The van der Waals surface area contributed by atoms with Gasteiger partial charge in [-0.3, -0.25) is 0 Å². The van der Waals surface area contributed by atoms with Gasteiger partial charge in [0.1, 0.15) is 6.17 Å². The molecular formula is C15H23FN2. The standard InChI is InChI=1S/C15H23FN2/c1-12(16)14-2-4-15(5-3-14)18-11-8-13-6-9-17-10-7-13/h2-5,12-13,17-18H,6-11H2,1H3. The van der Waals surface area contributed by atoms with Crippen molar-refractivity contribution < 1.29 is 4.39 Å². The van der Waals surface area contributed by atoms with Gasteiger partial charge in [-0.05, 0) is 62.9 Å². The summed E-state index contributed by atoms with van der Waals surface area (Å²) in [6.07, 6.45) is 2.93. The Bertz CT molecular complexity index is 342. The van der Waals surface area contributed by atoms with Crippen molar-refractivity contribution in [2.24, 2.45) is 5.92 Å². The number of hydrogen-bond donors (Lipinski definition) is 2. The average Bonchev–Trinajstić information content (AvgIpc) is 2.40. The number of alkyl halides is 1. The van der Waals surface area contributed by atoms with E-state index in [1.807, 2.05) is 24.3 Å². The van der Waals surface area contributed by atoms with Crippen molar-refractivity contribution in [3.05, 3.63) is 29.8 Å². The van der Waals surface area contributed by atoms with E-state index in [-0.39, 0.29) is 0 Å². The Morgan fingerprint density at radius 2 is 1.94 bits per heavy atom. The van der Waals surface area contributed by atoms with Gasteiger partial charge in [0.2, 0.25) is 0 Å². The van der Waals surface area contributed by atoms with E-state index in [1.165, 1.54) is 19.3 Å². The van der Waals surface area contributed by atoms with Crippen LogP contribution in [0.1, 0.15) is 37.9 Å². The van der Waals surface area contributed by atoms with Crippen molar-refractivity contribution in [3.8, 4) is 0 Å². The fourth-order valence-electron chi connectivity index (χ4n) is 2.46. The minimum Gasteiger partial charge on any atom is -0.385 e. The minimum absolute atomic E-state index is 0.749. The second-order valence-electron chi connectivity index (χ2n) is 5.15. The maximum atomic E-state index is 13.0. The Morgan fingerprint density at radius 1 is 1.28 bits per heavy atom. The molecule has 1 unspecified atom stereocenters. The van der Waals surface area contributed by atoms with Gasteiger partial charge in [-0.2, -0.15) is 0 Å². The van der Waals surface area contributed by atoms with Crippen LogP contribution in [0, 0.1) is 5.92 Å². The fourth-order valence-corrected chi connectivity index (χ4v) is 2.46. The van der Waals surface area contributed by atoms with Crippen molar-refractivity contribution in [2.75, 3.05) is 25.0 Å². The van der Waals surface area contributed by atoms with Crippen LogP contribution in [-0.2, 0) is 0 Å². The van der Waals surface area contributed by atoms with Crippen molar-refractivity contribution in [1.82, 2.24) is 5.32 Å². The van der Waals surface area contributed by atoms with Crippen molar-refractivity contribution in [1.29, 1.82) is 0 Å². The molecule has 3 heteroatoms. The highest BCUT2D eigenvalue weighted by molar-refractivity contribution is 5.44. The van der Waals surface area contributed by atoms with Crippen molar-refractivity contribution in [3.63, 3.8) is 0 Å². The third-order valence-electron chi connectivity index (χ3n) is 3.71. The van der Waals surface area contributed by atoms with Crippen molar-refractivity contribution in [2.45, 2.75) is 32.4 Å². The van der Waals surface area contributed by atoms with Gasteiger partial charge in [0.05, 0.1) is 0 Å². The van der Waals surface area contributed by atoms with Crippen LogP contribution in [0.25, 0.3) is 0 Å². The summed E-state index contributed by atoms with van der Waals surface area (Å²) in [6, 6.07) is 7.65. The summed E-state index contributed by atoms with van der Waals surface area (Å²) in [5, 5.41) is 6.80. The number of benzene rings is 1. The molecule has 0 aliphatic carbocycles. The zero-order chi connectivity index (χ0) is 12.8. The maximum absolute atomic E-state index is 13.0. The van der Waals surface area contributed by atoms with Gasteiger partial charge < -0.3 is 10.6 Å². The lowest BCUT2D eigenvalue weighted by Gasteiger charge is -2.22. The molecule has 2 N–H and O–H groups in total. The molecule has 2 rings (SSSR count). The van der Waals surface area contributed by atoms with Gasteiger partial charge in [-0.15, -0.1) is 0 Å². The highest BCUT2D eigenvalue weighted by Crippen LogP contribution is 2.19. The molecule has 1 saturated heterocycles. The van der Waals surface area contributed by atoms with Gasteiger partial charge in [0.25, 0.3) is 0 Å². The Hall–Kier alpha value is -1.09. The third-order valence-corrected chi connectivity index (χ3v) is 3.71. The van der Waals surface area contributed by atoms with Gasteiger partial charge in [-0.1, -0.05) is 12.1 Å². The Kier molecular flexibility index (Phi) is 5.00. The summed E-state index contributed by atoms with van der Waals surface area (Å²) in [6.45, 7) is 4.90. The number of hydrogen-bond acceptors (Lipinski definition) is 2. The molecule has 0 radical (unpaired) electrons. The molecule has 0 spiro atoms. The molecule has 18 heavy (non-hydrogen) atoms. The largest absolute Gasteiger partial charge is 0.385 e. The van der Waals surface area contributed by atoms with Crippen LogP contribution in [-0.4, -0.2) is 19.6 Å². The van der Waals surface area contributed by atoms with Crippen LogP contribution in [0.3, 0.4) is 0 Å². The molecule has 0 bridgehead atoms. The number of anilines is 1. The Labute approximate surface area is 109 Å². The number of piperidine rings is 1. The Balaban J connectivity index is 1.72. The van der Waals surface area contributed by atoms with Gasteiger partial charge >= 0.3 is 0 Å². The van der Waals surface area contributed by atoms with E-state index in [4.69, 9.17) is 0 Å².